The molecule has 2 aliphatic heterocycles. The average Bonchev–Trinajstić information content (AvgIpc) is 3.28. The Morgan fingerprint density at radius 1 is 1.22 bits per heavy atom. The number of rotatable bonds is 7. The SMILES string of the molecule is COC1=C(OCC2CO2)C=CC(OCC2CO2)C1. The van der Waals surface area contributed by atoms with E-state index in [-0.39, 0.29) is 18.3 Å². The van der Waals surface area contributed by atoms with E-state index in [0.717, 1.165) is 24.7 Å². The summed E-state index contributed by atoms with van der Waals surface area (Å²) in [5.41, 5.74) is 0. The summed E-state index contributed by atoms with van der Waals surface area (Å²) in [6, 6.07) is 0. The van der Waals surface area contributed by atoms with Crippen molar-refractivity contribution in [3.8, 4) is 0 Å². The molecule has 0 aromatic carbocycles. The molecule has 2 heterocycles. The second-order valence-corrected chi connectivity index (χ2v) is 4.65. The van der Waals surface area contributed by atoms with Gasteiger partial charge in [0.05, 0.1) is 33.0 Å². The molecule has 0 radical (unpaired) electrons. The lowest BCUT2D eigenvalue weighted by molar-refractivity contribution is 0.0556. The number of allylic oxidation sites excluding steroid dienone is 1. The molecule has 5 nitrogen and oxygen atoms in total. The standard InChI is InChI=1S/C13H18O5/c1-14-13-4-9(15-5-10-6-16-10)2-3-12(13)18-8-11-7-17-11/h2-3,9-11H,4-8H2,1H3. The second-order valence-electron chi connectivity index (χ2n) is 4.65. The fraction of sp³-hybridized carbons (Fsp3) is 0.692. The van der Waals surface area contributed by atoms with Gasteiger partial charge in [0.15, 0.2) is 5.76 Å². The van der Waals surface area contributed by atoms with Crippen LogP contribution in [0, 0.1) is 0 Å². The van der Waals surface area contributed by atoms with E-state index < -0.39 is 0 Å². The number of hydrogen-bond donors (Lipinski definition) is 0. The molecule has 18 heavy (non-hydrogen) atoms. The molecule has 2 saturated heterocycles. The topological polar surface area (TPSA) is 52.8 Å². The van der Waals surface area contributed by atoms with E-state index in [4.69, 9.17) is 23.7 Å². The highest BCUT2D eigenvalue weighted by Gasteiger charge is 2.27. The molecule has 0 N–H and O–H groups in total. The third-order valence-corrected chi connectivity index (χ3v) is 3.10. The minimum absolute atomic E-state index is 0.0497. The van der Waals surface area contributed by atoms with E-state index in [1.807, 2.05) is 12.2 Å². The number of hydrogen-bond acceptors (Lipinski definition) is 5. The van der Waals surface area contributed by atoms with Gasteiger partial charge in [0, 0.05) is 6.42 Å². The molecule has 3 rings (SSSR count). The van der Waals surface area contributed by atoms with Gasteiger partial charge in [-0.2, -0.15) is 0 Å². The summed E-state index contributed by atoms with van der Waals surface area (Å²) in [4.78, 5) is 0. The van der Waals surface area contributed by atoms with Crippen molar-refractivity contribution in [3.05, 3.63) is 23.7 Å². The highest BCUT2D eigenvalue weighted by molar-refractivity contribution is 5.23. The van der Waals surface area contributed by atoms with Crippen LogP contribution in [0.4, 0.5) is 0 Å². The van der Waals surface area contributed by atoms with Crippen molar-refractivity contribution in [1.82, 2.24) is 0 Å². The maximum absolute atomic E-state index is 5.72. The molecule has 0 aromatic heterocycles. The molecule has 0 amide bonds. The highest BCUT2D eigenvalue weighted by atomic mass is 16.6. The van der Waals surface area contributed by atoms with Gasteiger partial charge < -0.3 is 23.7 Å². The van der Waals surface area contributed by atoms with Crippen LogP contribution in [0.25, 0.3) is 0 Å². The van der Waals surface area contributed by atoms with Gasteiger partial charge in [0.25, 0.3) is 0 Å². The summed E-state index contributed by atoms with van der Waals surface area (Å²) < 4.78 is 27.0. The molecule has 0 saturated carbocycles. The second kappa shape index (κ2) is 5.30. The average molecular weight is 254 g/mol. The predicted molar refractivity (Wildman–Crippen MR) is 63.0 cm³/mol. The van der Waals surface area contributed by atoms with Gasteiger partial charge in [-0.1, -0.05) is 6.08 Å². The van der Waals surface area contributed by atoms with Crippen LogP contribution >= 0.6 is 0 Å². The lowest BCUT2D eigenvalue weighted by atomic mass is 10.1. The van der Waals surface area contributed by atoms with Gasteiger partial charge in [-0.3, -0.25) is 0 Å². The van der Waals surface area contributed by atoms with Crippen molar-refractivity contribution < 1.29 is 23.7 Å². The molecule has 3 unspecified atom stereocenters. The smallest absolute Gasteiger partial charge is 0.156 e. The van der Waals surface area contributed by atoms with Gasteiger partial charge in [-0.25, -0.2) is 0 Å². The summed E-state index contributed by atoms with van der Waals surface area (Å²) >= 11 is 0. The minimum atomic E-state index is 0.0497. The van der Waals surface area contributed by atoms with Gasteiger partial charge in [-0.05, 0) is 6.08 Å². The van der Waals surface area contributed by atoms with Crippen LogP contribution in [0.3, 0.4) is 0 Å². The summed E-state index contributed by atoms with van der Waals surface area (Å²) in [6.45, 7) is 2.86. The van der Waals surface area contributed by atoms with Crippen LogP contribution in [-0.4, -0.2) is 51.8 Å². The first-order valence-corrected chi connectivity index (χ1v) is 6.28. The van der Waals surface area contributed by atoms with E-state index in [0.29, 0.717) is 19.6 Å². The summed E-state index contributed by atoms with van der Waals surface area (Å²) in [5, 5.41) is 0. The van der Waals surface area contributed by atoms with E-state index in [1.165, 1.54) is 0 Å². The van der Waals surface area contributed by atoms with Crippen molar-refractivity contribution in [1.29, 1.82) is 0 Å². The zero-order valence-electron chi connectivity index (χ0n) is 10.5. The van der Waals surface area contributed by atoms with Crippen LogP contribution < -0.4 is 0 Å². The lowest BCUT2D eigenvalue weighted by Gasteiger charge is -2.21. The van der Waals surface area contributed by atoms with Crippen LogP contribution in [0.2, 0.25) is 0 Å². The maximum Gasteiger partial charge on any atom is 0.156 e. The van der Waals surface area contributed by atoms with Crippen molar-refractivity contribution >= 4 is 0 Å². The predicted octanol–water partition coefficient (Wildman–Crippen LogP) is 1.00. The van der Waals surface area contributed by atoms with Crippen molar-refractivity contribution in [2.24, 2.45) is 0 Å². The fourth-order valence-electron chi connectivity index (χ4n) is 1.81. The third-order valence-electron chi connectivity index (χ3n) is 3.10. The molecule has 3 atom stereocenters. The summed E-state index contributed by atoms with van der Waals surface area (Å²) in [7, 11) is 1.66. The zero-order chi connectivity index (χ0) is 12.4. The molecular weight excluding hydrogens is 236 g/mol. The number of ether oxygens (including phenoxy) is 5. The molecule has 3 aliphatic rings. The van der Waals surface area contributed by atoms with Gasteiger partial charge in [0.2, 0.25) is 0 Å². The summed E-state index contributed by atoms with van der Waals surface area (Å²) in [6.07, 6.45) is 5.23. The quantitative estimate of drug-likeness (QED) is 0.634. The van der Waals surface area contributed by atoms with E-state index in [9.17, 15) is 0 Å². The monoisotopic (exact) mass is 254 g/mol. The van der Waals surface area contributed by atoms with E-state index in [2.05, 4.69) is 0 Å². The Balaban J connectivity index is 1.50. The highest BCUT2D eigenvalue weighted by Crippen LogP contribution is 2.24. The van der Waals surface area contributed by atoms with Gasteiger partial charge >= 0.3 is 0 Å². The molecule has 2 fully saturated rings. The van der Waals surface area contributed by atoms with E-state index >= 15 is 0 Å². The Morgan fingerprint density at radius 3 is 2.61 bits per heavy atom. The fourth-order valence-corrected chi connectivity index (χ4v) is 1.81. The molecule has 0 spiro atoms. The van der Waals surface area contributed by atoms with Crippen LogP contribution in [0.15, 0.2) is 23.7 Å². The first kappa shape index (κ1) is 12.0. The van der Waals surface area contributed by atoms with Crippen molar-refractivity contribution in [2.45, 2.75) is 24.7 Å². The lowest BCUT2D eigenvalue weighted by Crippen LogP contribution is -2.19. The minimum Gasteiger partial charge on any atom is -0.497 e. The van der Waals surface area contributed by atoms with Crippen molar-refractivity contribution in [3.63, 3.8) is 0 Å². The maximum atomic E-state index is 5.72. The van der Waals surface area contributed by atoms with Gasteiger partial charge in [0.1, 0.15) is 24.6 Å². The number of epoxide rings is 2. The van der Waals surface area contributed by atoms with Crippen molar-refractivity contribution in [2.75, 3.05) is 33.5 Å². The zero-order valence-corrected chi connectivity index (χ0v) is 10.5. The molecule has 0 bridgehead atoms. The first-order chi connectivity index (χ1) is 8.85. The Hall–Kier alpha value is -1.04. The molecule has 0 aromatic rings. The normalized spacial score (nSPS) is 33.5. The molecule has 100 valence electrons. The Bertz CT molecular complexity index is 354. The number of methoxy groups -OCH3 is 1. The largest absolute Gasteiger partial charge is 0.497 e. The molecule has 1 aliphatic carbocycles. The Morgan fingerprint density at radius 2 is 1.94 bits per heavy atom. The van der Waals surface area contributed by atoms with Crippen LogP contribution in [-0.2, 0) is 23.7 Å². The summed E-state index contributed by atoms with van der Waals surface area (Å²) in [5.74, 6) is 1.62. The first-order valence-electron chi connectivity index (χ1n) is 6.28. The molecule has 5 heteroatoms. The molecular formula is C13H18O5. The van der Waals surface area contributed by atoms with Crippen LogP contribution in [0.1, 0.15) is 6.42 Å². The Kier molecular flexibility index (Phi) is 3.54. The Labute approximate surface area is 106 Å². The van der Waals surface area contributed by atoms with E-state index in [1.54, 1.807) is 7.11 Å². The van der Waals surface area contributed by atoms with Gasteiger partial charge in [-0.15, -0.1) is 0 Å². The van der Waals surface area contributed by atoms with Crippen LogP contribution in [0.5, 0.6) is 0 Å². The third kappa shape index (κ3) is 3.25.